The summed E-state index contributed by atoms with van der Waals surface area (Å²) in [7, 11) is -3.95. The Balaban J connectivity index is 1.52. The lowest BCUT2D eigenvalue weighted by Crippen LogP contribution is -2.46. The number of carbonyl (C=O) groups is 2. The minimum absolute atomic E-state index is 0.0165. The summed E-state index contributed by atoms with van der Waals surface area (Å²) in [5.74, 6) is -0.913. The maximum Gasteiger partial charge on any atom is 0.328 e. The van der Waals surface area contributed by atoms with E-state index in [1.807, 2.05) is 28.8 Å². The van der Waals surface area contributed by atoms with Crippen LogP contribution in [-0.2, 0) is 34.2 Å². The molecule has 0 saturated heterocycles. The van der Waals surface area contributed by atoms with Gasteiger partial charge in [0.2, 0.25) is 0 Å². The summed E-state index contributed by atoms with van der Waals surface area (Å²) in [4.78, 5) is 23.7. The largest absolute Gasteiger partial charge is 0.480 e. The summed E-state index contributed by atoms with van der Waals surface area (Å²) < 4.78 is 28.5. The fourth-order valence-electron chi connectivity index (χ4n) is 4.04. The summed E-state index contributed by atoms with van der Waals surface area (Å²) in [5.41, 5.74) is 2.80. The highest BCUT2D eigenvalue weighted by Crippen LogP contribution is 2.32. The number of hydrogen-bond donors (Lipinski definition) is 3. The van der Waals surface area contributed by atoms with Gasteiger partial charge in [-0.3, -0.25) is 4.79 Å². The second-order valence-corrected chi connectivity index (χ2v) is 8.94. The Labute approximate surface area is 173 Å². The van der Waals surface area contributed by atoms with Crippen LogP contribution < -0.4 is 10.0 Å². The molecule has 1 atom stereocenters. The van der Waals surface area contributed by atoms with E-state index < -0.39 is 22.0 Å². The standard InChI is InChI=1S/C21H21N3O5S/c25-20(26)13-24-18-9-5-4-8-16(18)17-12-14(10-11-19(17)24)22-21(27)23-30(28,29)15-6-2-1-3-7-15/h1-9,14H,10-13H2,(H,25,26)(H2,22,23,27)/t14-/m0/s1. The summed E-state index contributed by atoms with van der Waals surface area (Å²) in [6, 6.07) is 14.2. The number of aliphatic carboxylic acids is 1. The topological polar surface area (TPSA) is 118 Å². The van der Waals surface area contributed by atoms with Crippen LogP contribution in [0.1, 0.15) is 17.7 Å². The van der Waals surface area contributed by atoms with Gasteiger partial charge in [-0.1, -0.05) is 36.4 Å². The van der Waals surface area contributed by atoms with E-state index in [1.165, 1.54) is 12.1 Å². The lowest BCUT2D eigenvalue weighted by Gasteiger charge is -2.25. The van der Waals surface area contributed by atoms with Crippen molar-refractivity contribution in [1.82, 2.24) is 14.6 Å². The van der Waals surface area contributed by atoms with Crippen LogP contribution in [-0.4, -0.2) is 36.1 Å². The first-order valence-electron chi connectivity index (χ1n) is 9.54. The number of urea groups is 1. The molecule has 3 aromatic rings. The highest BCUT2D eigenvalue weighted by atomic mass is 32.2. The molecule has 0 radical (unpaired) electrons. The van der Waals surface area contributed by atoms with Gasteiger partial charge in [0.05, 0.1) is 4.90 Å². The number of fused-ring (bicyclic) bond motifs is 3. The molecule has 1 heterocycles. The van der Waals surface area contributed by atoms with Crippen LogP contribution in [0.5, 0.6) is 0 Å². The molecule has 8 nitrogen and oxygen atoms in total. The highest BCUT2D eigenvalue weighted by Gasteiger charge is 2.28. The van der Waals surface area contributed by atoms with E-state index in [2.05, 4.69) is 10.0 Å². The Morgan fingerprint density at radius 2 is 1.77 bits per heavy atom. The molecule has 0 bridgehead atoms. The number of carboxylic acids is 1. The number of para-hydroxylation sites is 1. The van der Waals surface area contributed by atoms with E-state index in [9.17, 15) is 23.1 Å². The van der Waals surface area contributed by atoms with E-state index in [-0.39, 0.29) is 17.5 Å². The van der Waals surface area contributed by atoms with Crippen LogP contribution in [0, 0.1) is 0 Å². The Kier molecular flexibility index (Phi) is 5.21. The average molecular weight is 427 g/mol. The molecule has 2 amide bonds. The smallest absolute Gasteiger partial charge is 0.328 e. The average Bonchev–Trinajstić information content (AvgIpc) is 3.01. The van der Waals surface area contributed by atoms with Gasteiger partial charge in [0.25, 0.3) is 10.0 Å². The Morgan fingerprint density at radius 3 is 2.50 bits per heavy atom. The minimum atomic E-state index is -3.95. The van der Waals surface area contributed by atoms with Crippen LogP contribution in [0.15, 0.2) is 59.5 Å². The molecule has 9 heteroatoms. The summed E-state index contributed by atoms with van der Waals surface area (Å²) in [6.07, 6.45) is 1.68. The van der Waals surface area contributed by atoms with Crippen molar-refractivity contribution in [2.24, 2.45) is 0 Å². The van der Waals surface area contributed by atoms with Crippen LogP contribution in [0.2, 0.25) is 0 Å². The molecule has 3 N–H and O–H groups in total. The van der Waals surface area contributed by atoms with Gasteiger partial charge in [-0.25, -0.2) is 17.9 Å². The molecule has 0 saturated carbocycles. The van der Waals surface area contributed by atoms with Gasteiger partial charge >= 0.3 is 12.0 Å². The Hall–Kier alpha value is -3.33. The van der Waals surface area contributed by atoms with Crippen molar-refractivity contribution in [2.45, 2.75) is 36.7 Å². The van der Waals surface area contributed by atoms with E-state index in [1.54, 1.807) is 18.2 Å². The lowest BCUT2D eigenvalue weighted by atomic mass is 9.91. The number of amides is 2. The van der Waals surface area contributed by atoms with Gasteiger partial charge in [-0.2, -0.15) is 0 Å². The van der Waals surface area contributed by atoms with Crippen LogP contribution in [0.4, 0.5) is 4.79 Å². The van der Waals surface area contributed by atoms with Crippen LogP contribution in [0.25, 0.3) is 10.9 Å². The van der Waals surface area contributed by atoms with Crippen molar-refractivity contribution < 1.29 is 23.1 Å². The fourth-order valence-corrected chi connectivity index (χ4v) is 4.97. The molecule has 156 valence electrons. The van der Waals surface area contributed by atoms with E-state index in [0.717, 1.165) is 22.2 Å². The van der Waals surface area contributed by atoms with Crippen molar-refractivity contribution >= 4 is 32.9 Å². The normalized spacial score (nSPS) is 16.1. The molecule has 0 fully saturated rings. The molecule has 0 aliphatic heterocycles. The number of carboxylic acid groups (broad SMARTS) is 1. The molecular formula is C21H21N3O5S. The predicted molar refractivity (Wildman–Crippen MR) is 111 cm³/mol. The number of rotatable bonds is 5. The molecule has 0 unspecified atom stereocenters. The highest BCUT2D eigenvalue weighted by molar-refractivity contribution is 7.90. The van der Waals surface area contributed by atoms with E-state index >= 15 is 0 Å². The Morgan fingerprint density at radius 1 is 1.07 bits per heavy atom. The van der Waals surface area contributed by atoms with Gasteiger partial charge in [-0.15, -0.1) is 0 Å². The minimum Gasteiger partial charge on any atom is -0.480 e. The van der Waals surface area contributed by atoms with Crippen LogP contribution in [0.3, 0.4) is 0 Å². The van der Waals surface area contributed by atoms with Crippen molar-refractivity contribution in [3.05, 3.63) is 65.9 Å². The second-order valence-electron chi connectivity index (χ2n) is 7.25. The molecule has 4 rings (SSSR count). The van der Waals surface area contributed by atoms with Crippen molar-refractivity contribution in [1.29, 1.82) is 0 Å². The third-order valence-corrected chi connectivity index (χ3v) is 6.63. The SMILES string of the molecule is O=C(O)Cn1c2c(c3ccccc31)C[C@@H](NC(=O)NS(=O)(=O)c1ccccc1)CC2. The van der Waals surface area contributed by atoms with Gasteiger partial charge in [0.1, 0.15) is 6.54 Å². The van der Waals surface area contributed by atoms with Crippen molar-refractivity contribution in [3.8, 4) is 0 Å². The first-order valence-corrected chi connectivity index (χ1v) is 11.0. The zero-order chi connectivity index (χ0) is 21.3. The molecule has 0 spiro atoms. The lowest BCUT2D eigenvalue weighted by molar-refractivity contribution is -0.137. The second kappa shape index (κ2) is 7.83. The Bertz CT molecular complexity index is 1220. The molecule has 1 aliphatic carbocycles. The van der Waals surface area contributed by atoms with Gasteiger partial charge in [0, 0.05) is 22.6 Å². The summed E-state index contributed by atoms with van der Waals surface area (Å²) in [5, 5.41) is 13.0. The van der Waals surface area contributed by atoms with Crippen molar-refractivity contribution in [2.75, 3.05) is 0 Å². The number of aromatic nitrogens is 1. The molecule has 1 aliphatic rings. The first-order chi connectivity index (χ1) is 14.3. The van der Waals surface area contributed by atoms with Gasteiger partial charge < -0.3 is 15.0 Å². The third kappa shape index (κ3) is 3.88. The summed E-state index contributed by atoms with van der Waals surface area (Å²) >= 11 is 0. The molecular weight excluding hydrogens is 406 g/mol. The van der Waals surface area contributed by atoms with Crippen LogP contribution >= 0.6 is 0 Å². The zero-order valence-electron chi connectivity index (χ0n) is 16.0. The van der Waals surface area contributed by atoms with Gasteiger partial charge in [-0.05, 0) is 43.0 Å². The number of hydrogen-bond acceptors (Lipinski definition) is 4. The molecule has 1 aromatic heterocycles. The summed E-state index contributed by atoms with van der Waals surface area (Å²) in [6.45, 7) is -0.121. The number of benzene rings is 2. The number of carbonyl (C=O) groups excluding carboxylic acids is 1. The first kappa shape index (κ1) is 20.0. The predicted octanol–water partition coefficient (Wildman–Crippen LogP) is 2.27. The monoisotopic (exact) mass is 427 g/mol. The third-order valence-electron chi connectivity index (χ3n) is 5.28. The fraction of sp³-hybridized carbons (Fsp3) is 0.238. The van der Waals surface area contributed by atoms with E-state index in [4.69, 9.17) is 0 Å². The quantitative estimate of drug-likeness (QED) is 0.577. The maximum absolute atomic E-state index is 12.3. The zero-order valence-corrected chi connectivity index (χ0v) is 16.9. The number of nitrogens with one attached hydrogen (secondary N) is 2. The maximum atomic E-state index is 12.3. The van der Waals surface area contributed by atoms with E-state index in [0.29, 0.717) is 19.3 Å². The number of nitrogens with zero attached hydrogens (tertiary/aromatic N) is 1. The molecule has 2 aromatic carbocycles. The van der Waals surface area contributed by atoms with Crippen molar-refractivity contribution in [3.63, 3.8) is 0 Å². The molecule has 30 heavy (non-hydrogen) atoms. The number of sulfonamides is 1. The van der Waals surface area contributed by atoms with Gasteiger partial charge in [0.15, 0.2) is 0 Å².